The van der Waals surface area contributed by atoms with Crippen LogP contribution in [0.15, 0.2) is 59.9 Å². The second-order valence-electron chi connectivity index (χ2n) is 8.43. The van der Waals surface area contributed by atoms with E-state index >= 15 is 0 Å². The third-order valence-electron chi connectivity index (χ3n) is 6.17. The Morgan fingerprint density at radius 2 is 1.88 bits per heavy atom. The van der Waals surface area contributed by atoms with Crippen LogP contribution in [0, 0.1) is 6.92 Å². The fraction of sp³-hybridized carbons (Fsp3) is 0.320. The number of carbonyl (C=O) groups is 1. The van der Waals surface area contributed by atoms with Gasteiger partial charge >= 0.3 is 0 Å². The normalized spacial score (nSPS) is 15.3. The Labute approximate surface area is 191 Å². The highest BCUT2D eigenvalue weighted by Crippen LogP contribution is 2.34. The average molecular weight is 446 g/mol. The predicted molar refractivity (Wildman–Crippen MR) is 129 cm³/mol. The Bertz CT molecular complexity index is 1250. The summed E-state index contributed by atoms with van der Waals surface area (Å²) in [5, 5.41) is 13.9. The van der Waals surface area contributed by atoms with Gasteiger partial charge in [0.15, 0.2) is 11.0 Å². The van der Waals surface area contributed by atoms with Gasteiger partial charge in [-0.05, 0) is 44.4 Å². The van der Waals surface area contributed by atoms with Crippen LogP contribution in [0.25, 0.3) is 28.0 Å². The van der Waals surface area contributed by atoms with E-state index in [2.05, 4.69) is 56.3 Å². The number of nitrogens with one attached hydrogen (secondary N) is 2. The molecule has 6 nitrogen and oxygen atoms in total. The van der Waals surface area contributed by atoms with E-state index in [0.717, 1.165) is 46.4 Å². The van der Waals surface area contributed by atoms with Crippen molar-refractivity contribution < 1.29 is 4.79 Å². The Kier molecular flexibility index (Phi) is 5.74. The molecule has 1 unspecified atom stereocenters. The lowest BCUT2D eigenvalue weighted by atomic mass is 10.1. The van der Waals surface area contributed by atoms with E-state index in [1.807, 2.05) is 37.4 Å². The second-order valence-corrected chi connectivity index (χ2v) is 9.73. The van der Waals surface area contributed by atoms with Gasteiger partial charge in [0, 0.05) is 28.7 Å². The third kappa shape index (κ3) is 3.93. The topological polar surface area (TPSA) is 75.6 Å². The summed E-state index contributed by atoms with van der Waals surface area (Å²) in [6.45, 7) is 4.02. The number of H-pyrrole nitrogens is 1. The Morgan fingerprint density at radius 3 is 2.69 bits per heavy atom. The Morgan fingerprint density at radius 1 is 1.12 bits per heavy atom. The molecule has 1 atom stereocenters. The molecule has 2 aromatic heterocycles. The van der Waals surface area contributed by atoms with Crippen molar-refractivity contribution in [1.29, 1.82) is 0 Å². The predicted octanol–water partition coefficient (Wildman–Crippen LogP) is 5.26. The number of fused-ring (bicyclic) bond motifs is 1. The van der Waals surface area contributed by atoms with E-state index in [1.165, 1.54) is 24.6 Å². The molecule has 1 aliphatic carbocycles. The van der Waals surface area contributed by atoms with Crippen molar-refractivity contribution in [2.45, 2.75) is 56.0 Å². The highest BCUT2D eigenvalue weighted by atomic mass is 32.2. The van der Waals surface area contributed by atoms with Crippen LogP contribution in [0.3, 0.4) is 0 Å². The van der Waals surface area contributed by atoms with Crippen LogP contribution in [-0.2, 0) is 4.79 Å². The minimum atomic E-state index is -0.265. The molecule has 1 aliphatic rings. The molecule has 0 saturated heterocycles. The molecule has 1 fully saturated rings. The molecule has 164 valence electrons. The zero-order valence-corrected chi connectivity index (χ0v) is 19.2. The molecule has 5 rings (SSSR count). The molecular formula is C25H27N5OS. The first-order valence-corrected chi connectivity index (χ1v) is 12.0. The van der Waals surface area contributed by atoms with Gasteiger partial charge in [0.25, 0.3) is 0 Å². The molecule has 32 heavy (non-hydrogen) atoms. The minimum absolute atomic E-state index is 0.0647. The van der Waals surface area contributed by atoms with Crippen molar-refractivity contribution in [1.82, 2.24) is 25.1 Å². The highest BCUT2D eigenvalue weighted by Gasteiger charge is 2.25. The molecule has 0 spiro atoms. The van der Waals surface area contributed by atoms with Gasteiger partial charge in [-0.3, -0.25) is 9.36 Å². The first-order chi connectivity index (χ1) is 15.6. The molecule has 2 N–H and O–H groups in total. The molecule has 4 aromatic rings. The maximum absolute atomic E-state index is 12.8. The number of benzene rings is 2. The van der Waals surface area contributed by atoms with E-state index in [-0.39, 0.29) is 11.2 Å². The molecule has 0 bridgehead atoms. The first kappa shape index (κ1) is 20.8. The van der Waals surface area contributed by atoms with Crippen molar-refractivity contribution >= 4 is 28.6 Å². The molecule has 0 radical (unpaired) electrons. The number of nitrogens with zero attached hydrogens (tertiary/aromatic N) is 3. The number of aryl methyl sites for hydroxylation is 1. The van der Waals surface area contributed by atoms with Crippen LogP contribution < -0.4 is 5.32 Å². The highest BCUT2D eigenvalue weighted by molar-refractivity contribution is 8.00. The van der Waals surface area contributed by atoms with Crippen LogP contribution in [0.1, 0.15) is 38.2 Å². The number of hydrogen-bond donors (Lipinski definition) is 2. The van der Waals surface area contributed by atoms with E-state index in [9.17, 15) is 4.79 Å². The first-order valence-electron chi connectivity index (χ1n) is 11.2. The van der Waals surface area contributed by atoms with Crippen LogP contribution in [0.4, 0.5) is 0 Å². The Hall–Kier alpha value is -3.06. The third-order valence-corrected chi connectivity index (χ3v) is 7.22. The van der Waals surface area contributed by atoms with E-state index in [4.69, 9.17) is 0 Å². The molecule has 0 aliphatic heterocycles. The summed E-state index contributed by atoms with van der Waals surface area (Å²) < 4.78 is 2.08. The monoisotopic (exact) mass is 445 g/mol. The van der Waals surface area contributed by atoms with Gasteiger partial charge in [-0.25, -0.2) is 0 Å². The number of aromatic nitrogens is 4. The van der Waals surface area contributed by atoms with Crippen LogP contribution in [0.2, 0.25) is 0 Å². The van der Waals surface area contributed by atoms with Crippen LogP contribution >= 0.6 is 11.8 Å². The summed E-state index contributed by atoms with van der Waals surface area (Å²) in [5.74, 6) is 0.831. The second kappa shape index (κ2) is 8.82. The van der Waals surface area contributed by atoms with E-state index in [0.29, 0.717) is 11.2 Å². The number of thioether (sulfide) groups is 1. The summed E-state index contributed by atoms with van der Waals surface area (Å²) in [6.07, 6.45) is 6.53. The summed E-state index contributed by atoms with van der Waals surface area (Å²) in [6, 6.07) is 16.7. The van der Waals surface area contributed by atoms with Gasteiger partial charge in [-0.1, -0.05) is 61.0 Å². The summed E-state index contributed by atoms with van der Waals surface area (Å²) in [4.78, 5) is 16.2. The summed E-state index contributed by atoms with van der Waals surface area (Å²) in [7, 11) is 0. The van der Waals surface area contributed by atoms with Crippen molar-refractivity contribution in [3.63, 3.8) is 0 Å². The SMILES string of the molecule is Cc1ccccc1-n1c(SC(C)C(=O)NC2CCCC2)nnc1-c1c[nH]c2ccccc12. The largest absolute Gasteiger partial charge is 0.360 e. The number of rotatable bonds is 6. The zero-order valence-electron chi connectivity index (χ0n) is 18.3. The number of carbonyl (C=O) groups excluding carboxylic acids is 1. The van der Waals surface area contributed by atoms with Gasteiger partial charge in [-0.15, -0.1) is 10.2 Å². The fourth-order valence-electron chi connectivity index (χ4n) is 4.41. The smallest absolute Gasteiger partial charge is 0.233 e. The zero-order chi connectivity index (χ0) is 22.1. The molecular weight excluding hydrogens is 418 g/mol. The molecule has 2 aromatic carbocycles. The average Bonchev–Trinajstić information content (AvgIpc) is 3.54. The summed E-state index contributed by atoms with van der Waals surface area (Å²) in [5.41, 5.74) is 4.19. The fourth-order valence-corrected chi connectivity index (χ4v) is 5.28. The van der Waals surface area contributed by atoms with Crippen molar-refractivity contribution in [2.75, 3.05) is 0 Å². The number of hydrogen-bond acceptors (Lipinski definition) is 4. The van der Waals surface area contributed by atoms with Gasteiger partial charge in [-0.2, -0.15) is 0 Å². The lowest BCUT2D eigenvalue weighted by Gasteiger charge is -2.17. The molecule has 7 heteroatoms. The standard InChI is InChI=1S/C25H27N5OS/c1-16-9-3-8-14-22(16)30-23(20-15-26-21-13-7-6-12-19(20)21)28-29-25(30)32-17(2)24(31)27-18-10-4-5-11-18/h3,6-9,12-15,17-18,26H,4-5,10-11H2,1-2H3,(H,27,31). The van der Waals surface area contributed by atoms with Gasteiger partial charge in [0.05, 0.1) is 10.9 Å². The number of amides is 1. The summed E-state index contributed by atoms with van der Waals surface area (Å²) >= 11 is 1.46. The van der Waals surface area contributed by atoms with Crippen LogP contribution in [-0.4, -0.2) is 36.9 Å². The number of para-hydroxylation sites is 2. The van der Waals surface area contributed by atoms with Gasteiger partial charge in [0.1, 0.15) is 0 Å². The Balaban J connectivity index is 1.53. The van der Waals surface area contributed by atoms with Crippen molar-refractivity contribution in [3.8, 4) is 17.1 Å². The lowest BCUT2D eigenvalue weighted by molar-refractivity contribution is -0.120. The maximum atomic E-state index is 12.8. The van der Waals surface area contributed by atoms with E-state index in [1.54, 1.807) is 0 Å². The van der Waals surface area contributed by atoms with Gasteiger partial charge < -0.3 is 10.3 Å². The lowest BCUT2D eigenvalue weighted by Crippen LogP contribution is -2.37. The molecule has 2 heterocycles. The quantitative estimate of drug-likeness (QED) is 0.397. The number of aromatic amines is 1. The van der Waals surface area contributed by atoms with Crippen molar-refractivity contribution in [2.24, 2.45) is 0 Å². The molecule has 1 saturated carbocycles. The minimum Gasteiger partial charge on any atom is -0.360 e. The van der Waals surface area contributed by atoms with E-state index < -0.39 is 0 Å². The molecule has 1 amide bonds. The maximum Gasteiger partial charge on any atom is 0.233 e. The van der Waals surface area contributed by atoms with Crippen LogP contribution in [0.5, 0.6) is 0 Å². The van der Waals surface area contributed by atoms with Crippen molar-refractivity contribution in [3.05, 3.63) is 60.3 Å². The van der Waals surface area contributed by atoms with Gasteiger partial charge in [0.2, 0.25) is 5.91 Å².